The molecule has 0 unspecified atom stereocenters. The zero-order valence-corrected chi connectivity index (χ0v) is 20.0. The van der Waals surface area contributed by atoms with Crippen LogP contribution in [0.3, 0.4) is 0 Å². The van der Waals surface area contributed by atoms with Crippen LogP contribution in [0.25, 0.3) is 5.69 Å². The molecule has 1 aliphatic rings. The summed E-state index contributed by atoms with van der Waals surface area (Å²) in [5.41, 5.74) is 4.31. The van der Waals surface area contributed by atoms with Crippen LogP contribution in [0.1, 0.15) is 64.9 Å². The smallest absolute Gasteiger partial charge is 0.223 e. The zero-order chi connectivity index (χ0) is 22.1. The van der Waals surface area contributed by atoms with Gasteiger partial charge in [0.2, 0.25) is 5.91 Å². The van der Waals surface area contributed by atoms with Crippen LogP contribution >= 0.6 is 11.6 Å². The summed E-state index contributed by atoms with van der Waals surface area (Å²) in [6.07, 6.45) is 1.46. The number of halogens is 1. The predicted molar refractivity (Wildman–Crippen MR) is 123 cm³/mol. The van der Waals surface area contributed by atoms with Crippen molar-refractivity contribution in [2.24, 2.45) is 5.41 Å². The Morgan fingerprint density at radius 1 is 1.27 bits per heavy atom. The predicted octanol–water partition coefficient (Wildman–Crippen LogP) is 5.08. The van der Waals surface area contributed by atoms with Crippen molar-refractivity contribution < 1.29 is 4.79 Å². The molecule has 1 amide bonds. The van der Waals surface area contributed by atoms with Gasteiger partial charge >= 0.3 is 0 Å². The molecule has 0 aliphatic carbocycles. The lowest BCUT2D eigenvalue weighted by molar-refractivity contribution is -0.135. The van der Waals surface area contributed by atoms with Crippen LogP contribution in [0.4, 0.5) is 0 Å². The Labute approximate surface area is 186 Å². The average Bonchev–Trinajstić information content (AvgIpc) is 3.02. The summed E-state index contributed by atoms with van der Waals surface area (Å²) in [7, 11) is 0. The number of para-hydroxylation sites is 1. The average molecular weight is 431 g/mol. The standard InChI is InChI=1S/C24H35ClN4O/c1-7-27-13-12-21-18(15-27)20(26-29(21)22-11-9-8-10-19(22)25)16-28(17(2)3)23(30)14-24(4,5)6/h8-11,17H,7,12-16H2,1-6H3. The minimum Gasteiger partial charge on any atom is -0.334 e. The molecule has 0 fully saturated rings. The second kappa shape index (κ2) is 9.11. The van der Waals surface area contributed by atoms with E-state index in [2.05, 4.69) is 46.4 Å². The molecule has 0 saturated carbocycles. The highest BCUT2D eigenvalue weighted by Crippen LogP contribution is 2.30. The van der Waals surface area contributed by atoms with Crippen LogP contribution in [0, 0.1) is 5.41 Å². The Morgan fingerprint density at radius 2 is 1.97 bits per heavy atom. The molecule has 0 saturated heterocycles. The first-order valence-electron chi connectivity index (χ1n) is 11.0. The van der Waals surface area contributed by atoms with Gasteiger partial charge in [0.25, 0.3) is 0 Å². The van der Waals surface area contributed by atoms with Gasteiger partial charge in [-0.05, 0) is 37.9 Å². The first-order valence-corrected chi connectivity index (χ1v) is 11.3. The van der Waals surface area contributed by atoms with E-state index >= 15 is 0 Å². The first kappa shape index (κ1) is 22.8. The third-order valence-corrected chi connectivity index (χ3v) is 6.01. The van der Waals surface area contributed by atoms with Crippen molar-refractivity contribution in [3.63, 3.8) is 0 Å². The third kappa shape index (κ3) is 5.06. The normalized spacial score (nSPS) is 14.8. The van der Waals surface area contributed by atoms with Gasteiger partial charge in [0, 0.05) is 37.5 Å². The molecule has 1 aliphatic heterocycles. The number of aromatic nitrogens is 2. The van der Waals surface area contributed by atoms with E-state index in [1.54, 1.807) is 0 Å². The number of amides is 1. The summed E-state index contributed by atoms with van der Waals surface area (Å²) in [6, 6.07) is 7.96. The number of hydrogen-bond acceptors (Lipinski definition) is 3. The summed E-state index contributed by atoms with van der Waals surface area (Å²) in [5.74, 6) is 0.182. The van der Waals surface area contributed by atoms with E-state index in [0.717, 1.165) is 37.4 Å². The van der Waals surface area contributed by atoms with E-state index in [0.29, 0.717) is 18.0 Å². The maximum absolute atomic E-state index is 13.1. The molecule has 0 bridgehead atoms. The Bertz CT molecular complexity index is 897. The van der Waals surface area contributed by atoms with Crippen LogP contribution in [-0.4, -0.2) is 44.6 Å². The Kier molecular flexibility index (Phi) is 6.93. The van der Waals surface area contributed by atoms with Crippen LogP contribution in [0.15, 0.2) is 24.3 Å². The molecular weight excluding hydrogens is 396 g/mol. The van der Waals surface area contributed by atoms with Crippen molar-refractivity contribution in [2.45, 2.75) is 73.5 Å². The highest BCUT2D eigenvalue weighted by Gasteiger charge is 2.29. The van der Waals surface area contributed by atoms with Crippen molar-refractivity contribution >= 4 is 17.5 Å². The fraction of sp³-hybridized carbons (Fsp3) is 0.583. The van der Waals surface area contributed by atoms with E-state index in [9.17, 15) is 4.79 Å². The summed E-state index contributed by atoms with van der Waals surface area (Å²) in [4.78, 5) is 17.5. The lowest BCUT2D eigenvalue weighted by Gasteiger charge is -2.30. The molecule has 3 rings (SSSR count). The molecule has 1 aromatic heterocycles. The molecule has 6 heteroatoms. The number of likely N-dealkylation sites (N-methyl/N-ethyl adjacent to an activating group) is 1. The van der Waals surface area contributed by atoms with Gasteiger partial charge in [-0.2, -0.15) is 5.10 Å². The molecular formula is C24H35ClN4O. The minimum atomic E-state index is -0.0421. The van der Waals surface area contributed by atoms with Gasteiger partial charge in [0.1, 0.15) is 0 Å². The summed E-state index contributed by atoms with van der Waals surface area (Å²) < 4.78 is 2.01. The zero-order valence-electron chi connectivity index (χ0n) is 19.2. The van der Waals surface area contributed by atoms with Gasteiger partial charge in [-0.1, -0.05) is 51.4 Å². The van der Waals surface area contributed by atoms with Gasteiger partial charge in [-0.15, -0.1) is 0 Å². The van der Waals surface area contributed by atoms with Crippen LogP contribution in [0.5, 0.6) is 0 Å². The highest BCUT2D eigenvalue weighted by atomic mass is 35.5. The molecule has 30 heavy (non-hydrogen) atoms. The van der Waals surface area contributed by atoms with Gasteiger partial charge in [0.05, 0.1) is 28.6 Å². The number of hydrogen-bond donors (Lipinski definition) is 0. The van der Waals surface area contributed by atoms with Crippen LogP contribution in [-0.2, 0) is 24.3 Å². The van der Waals surface area contributed by atoms with E-state index in [1.165, 1.54) is 11.3 Å². The van der Waals surface area contributed by atoms with Gasteiger partial charge in [-0.25, -0.2) is 4.68 Å². The number of carbonyl (C=O) groups excluding carboxylic acids is 1. The molecule has 1 aromatic carbocycles. The maximum atomic E-state index is 13.1. The number of fused-ring (bicyclic) bond motifs is 1. The number of benzene rings is 1. The highest BCUT2D eigenvalue weighted by molar-refractivity contribution is 6.32. The third-order valence-electron chi connectivity index (χ3n) is 5.69. The van der Waals surface area contributed by atoms with Gasteiger partial charge in [-0.3, -0.25) is 9.69 Å². The SMILES string of the molecule is CCN1CCc2c(c(CN(C(=O)CC(C)(C)C)C(C)C)nn2-c2ccccc2Cl)C1. The first-order chi connectivity index (χ1) is 14.1. The lowest BCUT2D eigenvalue weighted by atomic mass is 9.91. The van der Waals surface area contributed by atoms with Crippen LogP contribution < -0.4 is 0 Å². The number of nitrogens with zero attached hydrogens (tertiary/aromatic N) is 4. The molecule has 0 N–H and O–H groups in total. The van der Waals surface area contributed by atoms with E-state index in [1.807, 2.05) is 33.8 Å². The van der Waals surface area contributed by atoms with E-state index in [-0.39, 0.29) is 17.4 Å². The summed E-state index contributed by atoms with van der Waals surface area (Å²) in [5, 5.41) is 5.70. The van der Waals surface area contributed by atoms with Crippen LogP contribution in [0.2, 0.25) is 5.02 Å². The Balaban J connectivity index is 2.01. The number of rotatable bonds is 6. The molecule has 164 valence electrons. The Hall–Kier alpha value is -1.85. The van der Waals surface area contributed by atoms with Crippen molar-refractivity contribution in [3.8, 4) is 5.69 Å². The van der Waals surface area contributed by atoms with Crippen molar-refractivity contribution in [3.05, 3.63) is 46.2 Å². The van der Waals surface area contributed by atoms with E-state index in [4.69, 9.17) is 16.7 Å². The second-order valence-corrected chi connectivity index (χ2v) is 10.1. The van der Waals surface area contributed by atoms with Crippen molar-refractivity contribution in [1.29, 1.82) is 0 Å². The lowest BCUT2D eigenvalue weighted by Crippen LogP contribution is -2.39. The minimum absolute atomic E-state index is 0.0421. The van der Waals surface area contributed by atoms with Gasteiger partial charge in [0.15, 0.2) is 0 Å². The number of carbonyl (C=O) groups is 1. The largest absolute Gasteiger partial charge is 0.334 e. The van der Waals surface area contributed by atoms with Crippen molar-refractivity contribution in [2.75, 3.05) is 13.1 Å². The van der Waals surface area contributed by atoms with E-state index < -0.39 is 0 Å². The second-order valence-electron chi connectivity index (χ2n) is 9.71. The summed E-state index contributed by atoms with van der Waals surface area (Å²) in [6.45, 7) is 16.1. The molecule has 2 aromatic rings. The molecule has 0 spiro atoms. The monoisotopic (exact) mass is 430 g/mol. The quantitative estimate of drug-likeness (QED) is 0.641. The molecule has 0 radical (unpaired) electrons. The maximum Gasteiger partial charge on any atom is 0.223 e. The molecule has 5 nitrogen and oxygen atoms in total. The Morgan fingerprint density at radius 3 is 2.57 bits per heavy atom. The fourth-order valence-corrected chi connectivity index (χ4v) is 4.25. The van der Waals surface area contributed by atoms with Crippen molar-refractivity contribution in [1.82, 2.24) is 19.6 Å². The molecule has 2 heterocycles. The fourth-order valence-electron chi connectivity index (χ4n) is 4.04. The topological polar surface area (TPSA) is 41.4 Å². The molecule has 0 atom stereocenters. The summed E-state index contributed by atoms with van der Waals surface area (Å²) >= 11 is 6.51. The van der Waals surface area contributed by atoms with Gasteiger partial charge < -0.3 is 4.90 Å².